The summed E-state index contributed by atoms with van der Waals surface area (Å²) >= 11 is 0. The Kier molecular flexibility index (Phi) is 2.03. The number of hydrogen-bond acceptors (Lipinski definition) is 6. The predicted octanol–water partition coefficient (Wildman–Crippen LogP) is -0.467. The van der Waals surface area contributed by atoms with E-state index in [1.807, 2.05) is 0 Å². The Labute approximate surface area is 79.6 Å². The number of carbonyl (C=O) groups excluding carboxylic acids is 2. The lowest BCUT2D eigenvalue weighted by atomic mass is 10.2. The van der Waals surface area contributed by atoms with E-state index in [0.717, 1.165) is 0 Å². The minimum absolute atomic E-state index is 0.0287. The van der Waals surface area contributed by atoms with Gasteiger partial charge in [-0.25, -0.2) is 19.6 Å². The first-order valence-corrected chi connectivity index (χ1v) is 4.17. The Morgan fingerprint density at radius 2 is 1.50 bits per heavy atom. The molecular formula is C8H8N2O4. The predicted molar refractivity (Wildman–Crippen MR) is 46.0 cm³/mol. The summed E-state index contributed by atoms with van der Waals surface area (Å²) in [4.78, 5) is 29.2. The highest BCUT2D eigenvalue weighted by Gasteiger charge is 2.30. The molecule has 0 saturated carbocycles. The zero-order valence-electron chi connectivity index (χ0n) is 7.52. The van der Waals surface area contributed by atoms with Crippen molar-refractivity contribution in [2.45, 2.75) is 6.92 Å². The lowest BCUT2D eigenvalue weighted by molar-refractivity contribution is -0.132. The van der Waals surface area contributed by atoms with Crippen molar-refractivity contribution in [1.29, 1.82) is 0 Å². The fourth-order valence-electron chi connectivity index (χ4n) is 1.20. The molecule has 6 nitrogen and oxygen atoms in total. The molecule has 0 radical (unpaired) electrons. The number of esters is 2. The quantitative estimate of drug-likeness (QED) is 0.559. The van der Waals surface area contributed by atoms with E-state index in [2.05, 4.69) is 9.98 Å². The maximum absolute atomic E-state index is 10.8. The highest BCUT2D eigenvalue weighted by molar-refractivity contribution is 6.10. The number of rotatable bonds is 2. The van der Waals surface area contributed by atoms with E-state index in [0.29, 0.717) is 0 Å². The second-order valence-corrected chi connectivity index (χ2v) is 2.98. The van der Waals surface area contributed by atoms with Crippen molar-refractivity contribution in [3.05, 3.63) is 0 Å². The van der Waals surface area contributed by atoms with Gasteiger partial charge in [-0.1, -0.05) is 0 Å². The van der Waals surface area contributed by atoms with Gasteiger partial charge in [0, 0.05) is 0 Å². The van der Waals surface area contributed by atoms with Crippen molar-refractivity contribution in [3.8, 4) is 0 Å². The highest BCUT2D eigenvalue weighted by Crippen LogP contribution is 2.13. The van der Waals surface area contributed by atoms with Crippen molar-refractivity contribution in [2.24, 2.45) is 15.9 Å². The maximum Gasteiger partial charge on any atom is 0.334 e. The molecule has 0 aliphatic carbocycles. The van der Waals surface area contributed by atoms with Crippen LogP contribution in [0.2, 0.25) is 0 Å². The SMILES string of the molecule is CC(C1=NCC(=O)O1)C1=NCC(=O)O1. The van der Waals surface area contributed by atoms with Crippen LogP contribution in [0.3, 0.4) is 0 Å². The van der Waals surface area contributed by atoms with E-state index in [-0.39, 0.29) is 30.8 Å². The lowest BCUT2D eigenvalue weighted by Gasteiger charge is -2.08. The highest BCUT2D eigenvalue weighted by atomic mass is 16.6. The first-order chi connectivity index (χ1) is 6.66. The normalized spacial score (nSPS) is 20.7. The monoisotopic (exact) mass is 196 g/mol. The molecule has 0 amide bonds. The smallest absolute Gasteiger partial charge is 0.334 e. The molecule has 2 heterocycles. The van der Waals surface area contributed by atoms with Crippen LogP contribution in [0.4, 0.5) is 0 Å². The number of ether oxygens (including phenoxy) is 2. The molecule has 6 heteroatoms. The zero-order chi connectivity index (χ0) is 10.1. The Morgan fingerprint density at radius 1 is 1.07 bits per heavy atom. The summed E-state index contributed by atoms with van der Waals surface area (Å²) in [6.45, 7) is 1.77. The van der Waals surface area contributed by atoms with Crippen LogP contribution in [-0.2, 0) is 19.1 Å². The molecule has 0 aromatic heterocycles. The van der Waals surface area contributed by atoms with Gasteiger partial charge in [0.25, 0.3) is 0 Å². The molecule has 14 heavy (non-hydrogen) atoms. The van der Waals surface area contributed by atoms with Gasteiger partial charge in [0.1, 0.15) is 19.0 Å². The Hall–Kier alpha value is -1.72. The molecule has 2 aliphatic rings. The summed E-state index contributed by atoms with van der Waals surface area (Å²) in [5, 5.41) is 0. The summed E-state index contributed by atoms with van der Waals surface area (Å²) in [6.07, 6.45) is 0. The Balaban J connectivity index is 2.06. The molecular weight excluding hydrogens is 188 g/mol. The van der Waals surface area contributed by atoms with Gasteiger partial charge < -0.3 is 9.47 Å². The molecule has 0 saturated heterocycles. The van der Waals surface area contributed by atoms with Gasteiger partial charge in [-0.2, -0.15) is 0 Å². The molecule has 2 rings (SSSR count). The average molecular weight is 196 g/mol. The van der Waals surface area contributed by atoms with Crippen LogP contribution in [0.1, 0.15) is 6.92 Å². The van der Waals surface area contributed by atoms with Crippen LogP contribution in [0, 0.1) is 5.92 Å². The van der Waals surface area contributed by atoms with Gasteiger partial charge in [-0.3, -0.25) is 0 Å². The first kappa shape index (κ1) is 8.86. The third kappa shape index (κ3) is 1.50. The fraction of sp³-hybridized carbons (Fsp3) is 0.500. The summed E-state index contributed by atoms with van der Waals surface area (Å²) in [5.74, 6) is -0.617. The van der Waals surface area contributed by atoms with Gasteiger partial charge in [-0.15, -0.1) is 0 Å². The molecule has 0 aromatic rings. The molecule has 0 bridgehead atoms. The maximum atomic E-state index is 10.8. The van der Waals surface area contributed by atoms with Gasteiger partial charge >= 0.3 is 11.9 Å². The van der Waals surface area contributed by atoms with Gasteiger partial charge in [-0.05, 0) is 6.92 Å². The largest absolute Gasteiger partial charge is 0.410 e. The molecule has 0 spiro atoms. The van der Waals surface area contributed by atoms with Crippen LogP contribution in [0.15, 0.2) is 9.98 Å². The summed E-state index contributed by atoms with van der Waals surface area (Å²) in [7, 11) is 0. The van der Waals surface area contributed by atoms with Gasteiger partial charge in [0.05, 0.1) is 0 Å². The zero-order valence-corrected chi connectivity index (χ0v) is 7.52. The van der Waals surface area contributed by atoms with E-state index in [4.69, 9.17) is 9.47 Å². The minimum atomic E-state index is -0.392. The topological polar surface area (TPSA) is 77.3 Å². The van der Waals surface area contributed by atoms with Crippen molar-refractivity contribution >= 4 is 23.7 Å². The van der Waals surface area contributed by atoms with E-state index in [1.165, 1.54) is 0 Å². The average Bonchev–Trinajstić information content (AvgIpc) is 2.73. The number of aliphatic imine (C=N–C) groups is 2. The van der Waals surface area contributed by atoms with Crippen molar-refractivity contribution in [3.63, 3.8) is 0 Å². The molecule has 0 aromatic carbocycles. The summed E-state index contributed by atoms with van der Waals surface area (Å²) in [5.41, 5.74) is 0. The number of cyclic esters (lactones) is 2. The summed E-state index contributed by atoms with van der Waals surface area (Å²) < 4.78 is 9.62. The van der Waals surface area contributed by atoms with Gasteiger partial charge in [0.2, 0.25) is 11.8 Å². The fourth-order valence-corrected chi connectivity index (χ4v) is 1.20. The second kappa shape index (κ2) is 3.21. The van der Waals surface area contributed by atoms with E-state index in [9.17, 15) is 9.59 Å². The Bertz CT molecular complexity index is 324. The molecule has 74 valence electrons. The number of carbonyl (C=O) groups is 2. The van der Waals surface area contributed by atoms with Crippen LogP contribution < -0.4 is 0 Å². The lowest BCUT2D eigenvalue weighted by Crippen LogP contribution is -2.23. The first-order valence-electron chi connectivity index (χ1n) is 4.17. The molecule has 0 N–H and O–H groups in total. The van der Waals surface area contributed by atoms with Crippen LogP contribution in [0.5, 0.6) is 0 Å². The van der Waals surface area contributed by atoms with Crippen molar-refractivity contribution in [2.75, 3.05) is 13.1 Å². The van der Waals surface area contributed by atoms with Crippen LogP contribution >= 0.6 is 0 Å². The standard InChI is InChI=1S/C8H8N2O4/c1-4(7-9-2-5(11)13-7)8-10-3-6(12)14-8/h4H,2-3H2,1H3. The minimum Gasteiger partial charge on any atom is -0.410 e. The Morgan fingerprint density at radius 3 is 1.79 bits per heavy atom. The van der Waals surface area contributed by atoms with Crippen molar-refractivity contribution < 1.29 is 19.1 Å². The van der Waals surface area contributed by atoms with Crippen LogP contribution in [-0.4, -0.2) is 36.8 Å². The molecule has 0 unspecified atom stereocenters. The molecule has 2 aliphatic heterocycles. The van der Waals surface area contributed by atoms with Crippen LogP contribution in [0.25, 0.3) is 0 Å². The second-order valence-electron chi connectivity index (χ2n) is 2.98. The van der Waals surface area contributed by atoms with E-state index >= 15 is 0 Å². The molecule has 0 fully saturated rings. The summed E-state index contributed by atoms with van der Waals surface area (Å²) in [6, 6.07) is 0. The third-order valence-corrected chi connectivity index (χ3v) is 1.91. The van der Waals surface area contributed by atoms with Crippen molar-refractivity contribution in [1.82, 2.24) is 0 Å². The third-order valence-electron chi connectivity index (χ3n) is 1.91. The number of hydrogen-bond donors (Lipinski definition) is 0. The van der Waals surface area contributed by atoms with E-state index < -0.39 is 11.9 Å². The van der Waals surface area contributed by atoms with Gasteiger partial charge in [0.15, 0.2) is 0 Å². The number of nitrogens with zero attached hydrogens (tertiary/aromatic N) is 2. The molecule has 0 atom stereocenters. The van der Waals surface area contributed by atoms with E-state index in [1.54, 1.807) is 6.92 Å².